The second-order valence-corrected chi connectivity index (χ2v) is 10.7. The smallest absolute Gasteiger partial charge is 0.293 e. The highest BCUT2D eigenvalue weighted by atomic mass is 35.5. The number of aryl methyl sites for hydroxylation is 1. The minimum atomic E-state index is -0.235. The molecule has 2 saturated heterocycles. The third-order valence-corrected chi connectivity index (χ3v) is 7.52. The zero-order chi connectivity index (χ0) is 26.6. The van der Waals surface area contributed by atoms with Crippen molar-refractivity contribution in [3.8, 4) is 5.75 Å². The van der Waals surface area contributed by atoms with Crippen LogP contribution in [0, 0.1) is 11.8 Å². The summed E-state index contributed by atoms with van der Waals surface area (Å²) in [6, 6.07) is 7.47. The predicted molar refractivity (Wildman–Crippen MR) is 149 cm³/mol. The van der Waals surface area contributed by atoms with Crippen molar-refractivity contribution in [2.75, 3.05) is 43.1 Å². The maximum atomic E-state index is 13.3. The average Bonchev–Trinajstić information content (AvgIpc) is 2.89. The summed E-state index contributed by atoms with van der Waals surface area (Å²) < 4.78 is 12.7. The standard InChI is InChI=1S/C28H34ClN5O4/c1-3-22(35)17-38-25-12-20-11-21(6-7-24(20)34(27(25)36)10-8-19-15-37-16-19)31-26-23(29)13-30-28(32-26)33-9-4-5-18(2)14-33/h6-7,11-13,18-19H,3-5,8-10,14-17H2,1-2H3,(H,30,31,32)/t18-/m0/s1. The Labute approximate surface area is 227 Å². The van der Waals surface area contributed by atoms with E-state index < -0.39 is 0 Å². The number of anilines is 3. The van der Waals surface area contributed by atoms with Gasteiger partial charge in [0.1, 0.15) is 11.6 Å². The van der Waals surface area contributed by atoms with Crippen molar-refractivity contribution < 1.29 is 14.3 Å². The predicted octanol–water partition coefficient (Wildman–Crippen LogP) is 4.82. The number of hydrogen-bond donors (Lipinski definition) is 1. The number of ketones is 1. The molecule has 0 amide bonds. The summed E-state index contributed by atoms with van der Waals surface area (Å²) in [6.07, 6.45) is 5.15. The Hall–Kier alpha value is -3.17. The summed E-state index contributed by atoms with van der Waals surface area (Å²) in [6.45, 7) is 7.73. The lowest BCUT2D eigenvalue weighted by Gasteiger charge is -2.31. The summed E-state index contributed by atoms with van der Waals surface area (Å²) in [4.78, 5) is 36.5. The molecule has 5 rings (SSSR count). The van der Waals surface area contributed by atoms with Gasteiger partial charge in [0.15, 0.2) is 17.4 Å². The van der Waals surface area contributed by atoms with Gasteiger partial charge in [-0.3, -0.25) is 9.59 Å². The van der Waals surface area contributed by atoms with Gasteiger partial charge >= 0.3 is 0 Å². The first kappa shape index (κ1) is 26.4. The number of piperidine rings is 1. The number of carbonyl (C=O) groups is 1. The van der Waals surface area contributed by atoms with Crippen molar-refractivity contribution in [2.45, 2.75) is 46.1 Å². The van der Waals surface area contributed by atoms with Crippen LogP contribution in [0.25, 0.3) is 10.9 Å². The van der Waals surface area contributed by atoms with Crippen molar-refractivity contribution in [1.82, 2.24) is 14.5 Å². The quantitative estimate of drug-likeness (QED) is 0.391. The van der Waals surface area contributed by atoms with Crippen LogP contribution in [0.2, 0.25) is 5.02 Å². The van der Waals surface area contributed by atoms with Gasteiger partial charge in [-0.05, 0) is 49.4 Å². The molecule has 202 valence electrons. The van der Waals surface area contributed by atoms with Crippen LogP contribution >= 0.6 is 11.6 Å². The highest BCUT2D eigenvalue weighted by Crippen LogP contribution is 2.29. The van der Waals surface area contributed by atoms with E-state index in [-0.39, 0.29) is 23.7 Å². The maximum absolute atomic E-state index is 13.3. The molecule has 0 unspecified atom stereocenters. The number of ether oxygens (including phenoxy) is 2. The summed E-state index contributed by atoms with van der Waals surface area (Å²) in [7, 11) is 0. The summed E-state index contributed by atoms with van der Waals surface area (Å²) in [5, 5.41) is 4.57. The fourth-order valence-corrected chi connectivity index (χ4v) is 5.03. The number of fused-ring (bicyclic) bond motifs is 1. The number of hydrogen-bond acceptors (Lipinski definition) is 8. The van der Waals surface area contributed by atoms with Gasteiger partial charge < -0.3 is 24.3 Å². The van der Waals surface area contributed by atoms with E-state index in [0.29, 0.717) is 41.6 Å². The van der Waals surface area contributed by atoms with E-state index in [1.54, 1.807) is 23.8 Å². The molecule has 0 saturated carbocycles. The second kappa shape index (κ2) is 11.7. The van der Waals surface area contributed by atoms with E-state index in [2.05, 4.69) is 22.1 Å². The van der Waals surface area contributed by atoms with Crippen LogP contribution in [0.4, 0.5) is 17.5 Å². The van der Waals surface area contributed by atoms with E-state index in [4.69, 9.17) is 26.1 Å². The van der Waals surface area contributed by atoms with Crippen molar-refractivity contribution >= 4 is 45.7 Å². The SMILES string of the molecule is CCC(=O)COc1cc2cc(Nc3nc(N4CCC[C@H](C)C4)ncc3Cl)ccc2n(CCC2COC2)c1=O. The van der Waals surface area contributed by atoms with Gasteiger partial charge in [0.25, 0.3) is 5.56 Å². The van der Waals surface area contributed by atoms with Gasteiger partial charge in [-0.25, -0.2) is 4.98 Å². The number of carbonyl (C=O) groups excluding carboxylic acids is 1. The number of halogens is 1. The van der Waals surface area contributed by atoms with Crippen molar-refractivity contribution in [2.24, 2.45) is 11.8 Å². The van der Waals surface area contributed by atoms with E-state index in [0.717, 1.165) is 55.7 Å². The first-order chi connectivity index (χ1) is 18.4. The summed E-state index contributed by atoms with van der Waals surface area (Å²) >= 11 is 6.46. The fraction of sp³-hybridized carbons (Fsp3) is 0.500. The van der Waals surface area contributed by atoms with E-state index in [1.165, 1.54) is 6.42 Å². The molecular weight excluding hydrogens is 506 g/mol. The molecule has 2 aliphatic heterocycles. The van der Waals surface area contributed by atoms with Crippen LogP contribution < -0.4 is 20.5 Å². The number of Topliss-reactive ketones (excluding diaryl/α,β-unsaturated/α-hetero) is 1. The van der Waals surface area contributed by atoms with E-state index in [1.807, 2.05) is 18.2 Å². The molecule has 9 nitrogen and oxygen atoms in total. The zero-order valence-corrected chi connectivity index (χ0v) is 22.7. The molecule has 1 aromatic carbocycles. The molecule has 38 heavy (non-hydrogen) atoms. The molecule has 0 aliphatic carbocycles. The molecule has 1 N–H and O–H groups in total. The Morgan fingerprint density at radius 1 is 1.29 bits per heavy atom. The second-order valence-electron chi connectivity index (χ2n) is 10.3. The normalized spacial score (nSPS) is 17.9. The van der Waals surface area contributed by atoms with Gasteiger partial charge in [0.05, 0.1) is 24.9 Å². The number of nitrogens with zero attached hydrogens (tertiary/aromatic N) is 4. The van der Waals surface area contributed by atoms with Crippen LogP contribution in [0.5, 0.6) is 5.75 Å². The Balaban J connectivity index is 1.45. The van der Waals surface area contributed by atoms with Crippen molar-refractivity contribution in [3.63, 3.8) is 0 Å². The molecule has 4 heterocycles. The maximum Gasteiger partial charge on any atom is 0.293 e. The lowest BCUT2D eigenvalue weighted by molar-refractivity contribution is -0.120. The Morgan fingerprint density at radius 3 is 2.87 bits per heavy atom. The molecule has 2 fully saturated rings. The third-order valence-electron chi connectivity index (χ3n) is 7.25. The molecule has 1 atom stereocenters. The number of rotatable bonds is 10. The van der Waals surface area contributed by atoms with Gasteiger partial charge in [0, 0.05) is 43.0 Å². The monoisotopic (exact) mass is 539 g/mol. The van der Waals surface area contributed by atoms with Gasteiger partial charge in [0.2, 0.25) is 5.95 Å². The lowest BCUT2D eigenvalue weighted by atomic mass is 10.0. The van der Waals surface area contributed by atoms with Crippen molar-refractivity contribution in [1.29, 1.82) is 0 Å². The van der Waals surface area contributed by atoms with Crippen LogP contribution in [0.1, 0.15) is 39.5 Å². The minimum Gasteiger partial charge on any atom is -0.480 e. The molecule has 0 bridgehead atoms. The lowest BCUT2D eigenvalue weighted by Crippen LogP contribution is -2.35. The first-order valence-corrected chi connectivity index (χ1v) is 13.7. The topological polar surface area (TPSA) is 98.6 Å². The molecule has 2 aromatic heterocycles. The Bertz CT molecular complexity index is 1370. The third kappa shape index (κ3) is 5.94. The largest absolute Gasteiger partial charge is 0.480 e. The first-order valence-electron chi connectivity index (χ1n) is 13.4. The van der Waals surface area contributed by atoms with Gasteiger partial charge in [-0.1, -0.05) is 25.4 Å². The number of benzene rings is 1. The number of aromatic nitrogens is 3. The van der Waals surface area contributed by atoms with Crippen LogP contribution in [-0.4, -0.2) is 53.2 Å². The molecule has 0 radical (unpaired) electrons. The Morgan fingerprint density at radius 2 is 2.13 bits per heavy atom. The molecule has 10 heteroatoms. The molecular formula is C28H34ClN5O4. The number of nitrogens with one attached hydrogen (secondary N) is 1. The summed E-state index contributed by atoms with van der Waals surface area (Å²) in [5.74, 6) is 2.34. The highest BCUT2D eigenvalue weighted by Gasteiger charge is 2.21. The Kier molecular flexibility index (Phi) is 8.14. The summed E-state index contributed by atoms with van der Waals surface area (Å²) in [5.41, 5.74) is 1.33. The molecule has 0 spiro atoms. The minimum absolute atomic E-state index is 0.0598. The van der Waals surface area contributed by atoms with E-state index in [9.17, 15) is 9.59 Å². The number of pyridine rings is 1. The van der Waals surface area contributed by atoms with E-state index >= 15 is 0 Å². The van der Waals surface area contributed by atoms with Crippen LogP contribution in [0.15, 0.2) is 35.3 Å². The van der Waals surface area contributed by atoms with Crippen molar-refractivity contribution in [3.05, 3.63) is 45.8 Å². The van der Waals surface area contributed by atoms with Crippen LogP contribution in [0.3, 0.4) is 0 Å². The van der Waals surface area contributed by atoms with Gasteiger partial charge in [-0.2, -0.15) is 4.98 Å². The fourth-order valence-electron chi connectivity index (χ4n) is 4.89. The molecule has 3 aromatic rings. The highest BCUT2D eigenvalue weighted by molar-refractivity contribution is 6.32. The average molecular weight is 540 g/mol. The molecule has 2 aliphatic rings. The van der Waals surface area contributed by atoms with Gasteiger partial charge in [-0.15, -0.1) is 0 Å². The zero-order valence-electron chi connectivity index (χ0n) is 21.9. The van der Waals surface area contributed by atoms with Crippen LogP contribution in [-0.2, 0) is 16.1 Å².